The van der Waals surface area contributed by atoms with Crippen LogP contribution in [0.1, 0.15) is 30.0 Å². The lowest BCUT2D eigenvalue weighted by Gasteiger charge is -2.36. The van der Waals surface area contributed by atoms with E-state index in [1.165, 1.54) is 6.07 Å². The minimum Gasteiger partial charge on any atom is -0.490 e. The van der Waals surface area contributed by atoms with Crippen LogP contribution in [0.25, 0.3) is 5.65 Å². The molecule has 0 saturated carbocycles. The van der Waals surface area contributed by atoms with E-state index < -0.39 is 0 Å². The van der Waals surface area contributed by atoms with Crippen LogP contribution < -0.4 is 9.64 Å². The number of hydrogen-bond donors (Lipinski definition) is 0. The fraction of sp³-hybridized carbons (Fsp3) is 0.364. The number of piperazine rings is 1. The lowest BCUT2D eigenvalue weighted by Crippen LogP contribution is -2.49. The largest absolute Gasteiger partial charge is 0.490 e. The van der Waals surface area contributed by atoms with E-state index >= 15 is 0 Å². The van der Waals surface area contributed by atoms with Gasteiger partial charge in [-0.05, 0) is 37.6 Å². The summed E-state index contributed by atoms with van der Waals surface area (Å²) < 4.78 is 21.6. The number of fused-ring (bicyclic) bond motifs is 1. The average Bonchev–Trinajstić information content (AvgIpc) is 3.14. The predicted molar refractivity (Wildman–Crippen MR) is 110 cm³/mol. The molecule has 1 saturated heterocycles. The number of aryl methyl sites for hydroxylation is 1. The molecule has 4 rings (SSSR count). The van der Waals surface area contributed by atoms with Crippen LogP contribution in [0.2, 0.25) is 0 Å². The Hall–Kier alpha value is -3.09. The summed E-state index contributed by atoms with van der Waals surface area (Å²) >= 11 is 0. The maximum atomic E-state index is 14.1. The molecule has 0 bridgehead atoms. The number of carbonyl (C=O) groups excluding carboxylic acids is 1. The molecule has 0 unspecified atom stereocenters. The molecule has 3 heterocycles. The molecular formula is C22H25FN4O2. The second-order valence-corrected chi connectivity index (χ2v) is 6.99. The molecule has 0 spiro atoms. The summed E-state index contributed by atoms with van der Waals surface area (Å²) in [6.07, 6.45) is 2.51. The van der Waals surface area contributed by atoms with Crippen molar-refractivity contribution in [2.24, 2.45) is 0 Å². The van der Waals surface area contributed by atoms with E-state index in [0.29, 0.717) is 62.0 Å². The van der Waals surface area contributed by atoms with E-state index in [1.807, 2.05) is 52.4 Å². The Bertz CT molecular complexity index is 1020. The Kier molecular flexibility index (Phi) is 5.38. The third-order valence-corrected chi connectivity index (χ3v) is 5.28. The van der Waals surface area contributed by atoms with Gasteiger partial charge in [0, 0.05) is 32.4 Å². The Morgan fingerprint density at radius 3 is 2.55 bits per heavy atom. The van der Waals surface area contributed by atoms with Gasteiger partial charge in [0.15, 0.2) is 11.4 Å². The first-order chi connectivity index (χ1) is 14.1. The van der Waals surface area contributed by atoms with Crippen molar-refractivity contribution in [1.82, 2.24) is 14.3 Å². The van der Waals surface area contributed by atoms with Crippen molar-refractivity contribution in [2.45, 2.75) is 20.3 Å². The molecule has 2 aromatic heterocycles. The van der Waals surface area contributed by atoms with Gasteiger partial charge in [0.05, 0.1) is 18.0 Å². The summed E-state index contributed by atoms with van der Waals surface area (Å²) in [5.74, 6) is 0.398. The molecule has 1 fully saturated rings. The monoisotopic (exact) mass is 396 g/mol. The lowest BCUT2D eigenvalue weighted by molar-refractivity contribution is 0.0738. The Morgan fingerprint density at radius 2 is 1.86 bits per heavy atom. The van der Waals surface area contributed by atoms with E-state index in [0.717, 1.165) is 5.69 Å². The number of para-hydroxylation sites is 1. The Morgan fingerprint density at radius 1 is 1.10 bits per heavy atom. The number of ether oxygens (including phenoxy) is 1. The van der Waals surface area contributed by atoms with Gasteiger partial charge in [-0.15, -0.1) is 0 Å². The zero-order valence-electron chi connectivity index (χ0n) is 16.8. The topological polar surface area (TPSA) is 50.1 Å². The number of nitrogens with zero attached hydrogens (tertiary/aromatic N) is 4. The summed E-state index contributed by atoms with van der Waals surface area (Å²) in [7, 11) is 0. The number of hydrogen-bond acceptors (Lipinski definition) is 4. The van der Waals surface area contributed by atoms with Gasteiger partial charge in [-0.25, -0.2) is 9.37 Å². The van der Waals surface area contributed by atoms with Crippen molar-refractivity contribution in [2.75, 3.05) is 37.7 Å². The zero-order chi connectivity index (χ0) is 20.4. The molecule has 1 aliphatic rings. The summed E-state index contributed by atoms with van der Waals surface area (Å²) in [4.78, 5) is 21.9. The smallest absolute Gasteiger partial charge is 0.272 e. The molecule has 0 atom stereocenters. The van der Waals surface area contributed by atoms with Crippen LogP contribution in [0.4, 0.5) is 10.1 Å². The van der Waals surface area contributed by atoms with Crippen LogP contribution in [0.3, 0.4) is 0 Å². The molecule has 3 aromatic rings. The highest BCUT2D eigenvalue weighted by Crippen LogP contribution is 2.25. The number of pyridine rings is 1. The highest BCUT2D eigenvalue weighted by molar-refractivity contribution is 5.95. The van der Waals surface area contributed by atoms with Gasteiger partial charge in [0.25, 0.3) is 5.91 Å². The van der Waals surface area contributed by atoms with E-state index in [9.17, 15) is 9.18 Å². The van der Waals surface area contributed by atoms with E-state index in [2.05, 4.69) is 4.98 Å². The zero-order valence-corrected chi connectivity index (χ0v) is 16.8. The van der Waals surface area contributed by atoms with E-state index in [4.69, 9.17) is 4.74 Å². The van der Waals surface area contributed by atoms with Gasteiger partial charge in [-0.2, -0.15) is 0 Å². The summed E-state index contributed by atoms with van der Waals surface area (Å²) in [5.41, 5.74) is 2.60. The molecule has 1 amide bonds. The number of carbonyl (C=O) groups is 1. The molecule has 0 aliphatic carbocycles. The second kappa shape index (κ2) is 8.11. The highest BCUT2D eigenvalue weighted by atomic mass is 19.1. The first-order valence-electron chi connectivity index (χ1n) is 10.1. The highest BCUT2D eigenvalue weighted by Gasteiger charge is 2.28. The van der Waals surface area contributed by atoms with Crippen LogP contribution in [-0.2, 0) is 6.42 Å². The third kappa shape index (κ3) is 3.52. The van der Waals surface area contributed by atoms with Gasteiger partial charge >= 0.3 is 0 Å². The summed E-state index contributed by atoms with van der Waals surface area (Å²) in [6.45, 7) is 6.71. The summed E-state index contributed by atoms with van der Waals surface area (Å²) in [6, 6.07) is 10.5. The molecule has 152 valence electrons. The molecular weight excluding hydrogens is 371 g/mol. The molecule has 1 aliphatic heterocycles. The Labute approximate surface area is 169 Å². The van der Waals surface area contributed by atoms with E-state index in [-0.39, 0.29) is 11.7 Å². The van der Waals surface area contributed by atoms with E-state index in [1.54, 1.807) is 12.1 Å². The molecule has 7 heteroatoms. The normalized spacial score (nSPS) is 14.4. The maximum absolute atomic E-state index is 14.1. The fourth-order valence-corrected chi connectivity index (χ4v) is 3.84. The third-order valence-electron chi connectivity index (χ3n) is 5.28. The van der Waals surface area contributed by atoms with Gasteiger partial charge < -0.3 is 14.5 Å². The fourth-order valence-electron chi connectivity index (χ4n) is 3.84. The number of anilines is 1. The lowest BCUT2D eigenvalue weighted by atomic mass is 10.2. The molecule has 0 radical (unpaired) electrons. The number of halogens is 1. The van der Waals surface area contributed by atoms with Crippen molar-refractivity contribution in [3.8, 4) is 5.75 Å². The van der Waals surface area contributed by atoms with Crippen LogP contribution >= 0.6 is 0 Å². The van der Waals surface area contributed by atoms with Gasteiger partial charge in [-0.1, -0.05) is 19.1 Å². The van der Waals surface area contributed by atoms with Crippen molar-refractivity contribution in [3.05, 3.63) is 59.8 Å². The number of benzene rings is 1. The number of rotatable bonds is 5. The maximum Gasteiger partial charge on any atom is 0.272 e. The van der Waals surface area contributed by atoms with Crippen LogP contribution in [0.5, 0.6) is 5.75 Å². The second-order valence-electron chi connectivity index (χ2n) is 6.99. The SMILES string of the molecule is CCOc1cccn2c(C(=O)N3CCN(c4ccccc4F)CC3)c(CC)nc12. The van der Waals surface area contributed by atoms with Crippen molar-refractivity contribution in [3.63, 3.8) is 0 Å². The summed E-state index contributed by atoms with van der Waals surface area (Å²) in [5, 5.41) is 0. The van der Waals surface area contributed by atoms with Gasteiger partial charge in [0.2, 0.25) is 0 Å². The number of imidazole rings is 1. The quantitative estimate of drug-likeness (QED) is 0.663. The first kappa shape index (κ1) is 19.2. The molecule has 29 heavy (non-hydrogen) atoms. The number of amides is 1. The van der Waals surface area contributed by atoms with Crippen molar-refractivity contribution in [1.29, 1.82) is 0 Å². The van der Waals surface area contributed by atoms with Crippen LogP contribution in [0, 0.1) is 5.82 Å². The van der Waals surface area contributed by atoms with Crippen LogP contribution in [0.15, 0.2) is 42.6 Å². The minimum absolute atomic E-state index is 0.0452. The van der Waals surface area contributed by atoms with Crippen molar-refractivity contribution >= 4 is 17.2 Å². The number of aromatic nitrogens is 2. The molecule has 1 aromatic carbocycles. The van der Waals surface area contributed by atoms with Gasteiger partial charge in [-0.3, -0.25) is 9.20 Å². The molecule has 6 nitrogen and oxygen atoms in total. The van der Waals surface area contributed by atoms with Crippen LogP contribution in [-0.4, -0.2) is 53.0 Å². The predicted octanol–water partition coefficient (Wildman–Crippen LogP) is 3.40. The van der Waals surface area contributed by atoms with Gasteiger partial charge in [0.1, 0.15) is 11.5 Å². The standard InChI is InChI=1S/C22H25FN4O2/c1-3-17-20(27-11-7-10-19(29-4-2)21(27)24-17)22(28)26-14-12-25(13-15-26)18-9-6-5-8-16(18)23/h5-11H,3-4,12-15H2,1-2H3. The molecule has 0 N–H and O–H groups in total. The van der Waals surface area contributed by atoms with Crippen molar-refractivity contribution < 1.29 is 13.9 Å². The minimum atomic E-state index is -0.231. The average molecular weight is 396 g/mol. The Balaban J connectivity index is 1.58. The first-order valence-corrected chi connectivity index (χ1v) is 10.1.